The molecule has 1 aromatic rings. The van der Waals surface area contributed by atoms with Crippen molar-refractivity contribution in [3.8, 4) is 5.75 Å². The Morgan fingerprint density at radius 2 is 2.00 bits per heavy atom. The molecule has 17 heavy (non-hydrogen) atoms. The largest absolute Gasteiger partial charge is 0.573 e. The second kappa shape index (κ2) is 5.07. The molecule has 1 aromatic carbocycles. The number of halogens is 3. The summed E-state index contributed by atoms with van der Waals surface area (Å²) in [5.41, 5.74) is 0.683. The van der Waals surface area contributed by atoms with E-state index in [1.54, 1.807) is 6.92 Å². The lowest BCUT2D eigenvalue weighted by molar-refractivity contribution is -0.274. The number of benzene rings is 1. The highest BCUT2D eigenvalue weighted by Crippen LogP contribution is 2.25. The molecule has 0 fully saturated rings. The van der Waals surface area contributed by atoms with E-state index in [9.17, 15) is 18.0 Å². The Kier molecular flexibility index (Phi) is 3.98. The molecule has 94 valence electrons. The minimum atomic E-state index is -4.78. The van der Waals surface area contributed by atoms with E-state index in [-0.39, 0.29) is 5.56 Å². The summed E-state index contributed by atoms with van der Waals surface area (Å²) in [5, 5.41) is 0. The van der Waals surface area contributed by atoms with Gasteiger partial charge < -0.3 is 9.47 Å². The molecule has 0 heterocycles. The fraction of sp³-hybridized carbons (Fsp3) is 0.364. The van der Waals surface area contributed by atoms with E-state index < -0.39 is 18.1 Å². The topological polar surface area (TPSA) is 35.5 Å². The summed E-state index contributed by atoms with van der Waals surface area (Å²) in [6.07, 6.45) is -4.27. The van der Waals surface area contributed by atoms with Crippen LogP contribution in [0.25, 0.3) is 0 Å². The maximum absolute atomic E-state index is 12.0. The SMILES string of the molecule is CCc1ccc(OC(F)(F)F)cc1C(=O)OC. The summed E-state index contributed by atoms with van der Waals surface area (Å²) in [6.45, 7) is 1.78. The van der Waals surface area contributed by atoms with Gasteiger partial charge in [0.25, 0.3) is 0 Å². The normalized spacial score (nSPS) is 11.1. The molecule has 0 saturated carbocycles. The van der Waals surface area contributed by atoms with E-state index in [4.69, 9.17) is 0 Å². The minimum Gasteiger partial charge on any atom is -0.465 e. The van der Waals surface area contributed by atoms with Crippen molar-refractivity contribution in [3.05, 3.63) is 29.3 Å². The van der Waals surface area contributed by atoms with Crippen LogP contribution in [0.1, 0.15) is 22.8 Å². The van der Waals surface area contributed by atoms with Gasteiger partial charge in [0.15, 0.2) is 0 Å². The lowest BCUT2D eigenvalue weighted by atomic mass is 10.1. The molecular weight excluding hydrogens is 237 g/mol. The Morgan fingerprint density at radius 1 is 1.35 bits per heavy atom. The molecule has 0 aliphatic heterocycles. The van der Waals surface area contributed by atoms with Crippen molar-refractivity contribution in [2.45, 2.75) is 19.7 Å². The summed E-state index contributed by atoms with van der Waals surface area (Å²) >= 11 is 0. The zero-order valence-corrected chi connectivity index (χ0v) is 9.30. The smallest absolute Gasteiger partial charge is 0.465 e. The van der Waals surface area contributed by atoms with Crippen LogP contribution in [-0.4, -0.2) is 19.4 Å². The van der Waals surface area contributed by atoms with E-state index >= 15 is 0 Å². The number of esters is 1. The fourth-order valence-corrected chi connectivity index (χ4v) is 1.36. The van der Waals surface area contributed by atoms with Crippen LogP contribution in [0.15, 0.2) is 18.2 Å². The standard InChI is InChI=1S/C11H11F3O3/c1-3-7-4-5-8(17-11(12,13)14)6-9(7)10(15)16-2/h4-6H,3H2,1-2H3. The average Bonchev–Trinajstić information content (AvgIpc) is 2.25. The monoisotopic (exact) mass is 248 g/mol. The van der Waals surface area contributed by atoms with Crippen LogP contribution in [0.3, 0.4) is 0 Å². The molecule has 0 spiro atoms. The number of hydrogen-bond donors (Lipinski definition) is 0. The molecule has 0 unspecified atom stereocenters. The van der Waals surface area contributed by atoms with Crippen molar-refractivity contribution in [2.24, 2.45) is 0 Å². The molecular formula is C11H11F3O3. The number of aryl methyl sites for hydroxylation is 1. The number of methoxy groups -OCH3 is 1. The van der Waals surface area contributed by atoms with Crippen molar-refractivity contribution in [2.75, 3.05) is 7.11 Å². The summed E-state index contributed by atoms with van der Waals surface area (Å²) in [7, 11) is 1.17. The molecule has 0 bridgehead atoms. The number of carbonyl (C=O) groups is 1. The second-order valence-electron chi connectivity index (χ2n) is 3.21. The second-order valence-corrected chi connectivity index (χ2v) is 3.21. The molecule has 0 N–H and O–H groups in total. The van der Waals surface area contributed by atoms with Gasteiger partial charge in [-0.25, -0.2) is 4.79 Å². The highest BCUT2D eigenvalue weighted by molar-refractivity contribution is 5.91. The molecule has 3 nitrogen and oxygen atoms in total. The molecule has 0 aliphatic carbocycles. The highest BCUT2D eigenvalue weighted by atomic mass is 19.4. The third-order valence-corrected chi connectivity index (χ3v) is 2.10. The molecule has 0 aliphatic rings. The first-order valence-corrected chi connectivity index (χ1v) is 4.84. The van der Waals surface area contributed by atoms with Crippen LogP contribution >= 0.6 is 0 Å². The van der Waals surface area contributed by atoms with E-state index in [0.29, 0.717) is 12.0 Å². The van der Waals surface area contributed by atoms with Crippen LogP contribution in [0.4, 0.5) is 13.2 Å². The zero-order valence-electron chi connectivity index (χ0n) is 9.30. The lowest BCUT2D eigenvalue weighted by Crippen LogP contribution is -2.17. The van der Waals surface area contributed by atoms with E-state index in [1.807, 2.05) is 0 Å². The number of ether oxygens (including phenoxy) is 2. The van der Waals surface area contributed by atoms with Crippen molar-refractivity contribution < 1.29 is 27.4 Å². The van der Waals surface area contributed by atoms with Gasteiger partial charge in [0.05, 0.1) is 12.7 Å². The third kappa shape index (κ3) is 3.65. The van der Waals surface area contributed by atoms with E-state index in [0.717, 1.165) is 6.07 Å². The van der Waals surface area contributed by atoms with E-state index in [1.165, 1.54) is 19.2 Å². The van der Waals surface area contributed by atoms with Crippen LogP contribution in [0, 0.1) is 0 Å². The number of carbonyl (C=O) groups excluding carboxylic acids is 1. The predicted octanol–water partition coefficient (Wildman–Crippen LogP) is 2.93. The third-order valence-electron chi connectivity index (χ3n) is 2.10. The number of alkyl halides is 3. The minimum absolute atomic E-state index is 0.0803. The molecule has 0 amide bonds. The van der Waals surface area contributed by atoms with Gasteiger partial charge in [0.2, 0.25) is 0 Å². The van der Waals surface area contributed by atoms with Crippen molar-refractivity contribution in [1.29, 1.82) is 0 Å². The lowest BCUT2D eigenvalue weighted by Gasteiger charge is -2.11. The summed E-state index contributed by atoms with van der Waals surface area (Å²) in [4.78, 5) is 11.4. The number of rotatable bonds is 3. The van der Waals surface area contributed by atoms with Gasteiger partial charge in [-0.2, -0.15) is 0 Å². The van der Waals surface area contributed by atoms with Gasteiger partial charge in [0, 0.05) is 0 Å². The molecule has 1 rings (SSSR count). The molecule has 0 saturated heterocycles. The van der Waals surface area contributed by atoms with Crippen LogP contribution in [0.5, 0.6) is 5.75 Å². The van der Waals surface area contributed by atoms with Gasteiger partial charge in [-0.15, -0.1) is 13.2 Å². The molecule has 0 aromatic heterocycles. The fourth-order valence-electron chi connectivity index (χ4n) is 1.36. The Labute approximate surface area is 96.1 Å². The summed E-state index contributed by atoms with van der Waals surface area (Å²) in [6, 6.07) is 3.60. The summed E-state index contributed by atoms with van der Waals surface area (Å²) < 4.78 is 44.2. The van der Waals surface area contributed by atoms with Crippen LogP contribution < -0.4 is 4.74 Å². The highest BCUT2D eigenvalue weighted by Gasteiger charge is 2.31. The van der Waals surface area contributed by atoms with Gasteiger partial charge in [-0.05, 0) is 24.1 Å². The zero-order chi connectivity index (χ0) is 13.1. The van der Waals surface area contributed by atoms with Gasteiger partial charge in [-0.3, -0.25) is 0 Å². The summed E-state index contributed by atoms with van der Waals surface area (Å²) in [5.74, 6) is -1.12. The Bertz CT molecular complexity index is 413. The number of hydrogen-bond acceptors (Lipinski definition) is 3. The van der Waals surface area contributed by atoms with Gasteiger partial charge in [-0.1, -0.05) is 13.0 Å². The molecule has 0 radical (unpaired) electrons. The van der Waals surface area contributed by atoms with E-state index in [2.05, 4.69) is 9.47 Å². The Hall–Kier alpha value is -1.72. The first-order valence-electron chi connectivity index (χ1n) is 4.84. The Morgan fingerprint density at radius 3 is 2.47 bits per heavy atom. The van der Waals surface area contributed by atoms with Crippen LogP contribution in [0.2, 0.25) is 0 Å². The first kappa shape index (κ1) is 13.3. The van der Waals surface area contributed by atoms with Crippen LogP contribution in [-0.2, 0) is 11.2 Å². The maximum atomic E-state index is 12.0. The average molecular weight is 248 g/mol. The van der Waals surface area contributed by atoms with Gasteiger partial charge in [0.1, 0.15) is 5.75 Å². The Balaban J connectivity index is 3.09. The van der Waals surface area contributed by atoms with Crippen molar-refractivity contribution in [1.82, 2.24) is 0 Å². The van der Waals surface area contributed by atoms with Gasteiger partial charge >= 0.3 is 12.3 Å². The molecule has 0 atom stereocenters. The predicted molar refractivity (Wildman–Crippen MR) is 53.8 cm³/mol. The van der Waals surface area contributed by atoms with Crippen molar-refractivity contribution >= 4 is 5.97 Å². The maximum Gasteiger partial charge on any atom is 0.573 e. The first-order chi connectivity index (χ1) is 7.87. The quantitative estimate of drug-likeness (QED) is 0.771. The van der Waals surface area contributed by atoms with Crippen molar-refractivity contribution in [3.63, 3.8) is 0 Å². The molecule has 6 heteroatoms.